The first-order valence-electron chi connectivity index (χ1n) is 5.73. The fraction of sp³-hybridized carbons (Fsp3) is 0.462. The lowest BCUT2D eigenvalue weighted by Crippen LogP contribution is -2.24. The van der Waals surface area contributed by atoms with E-state index in [0.717, 1.165) is 11.3 Å². The predicted molar refractivity (Wildman–Crippen MR) is 76.4 cm³/mol. The molecule has 0 fully saturated rings. The van der Waals surface area contributed by atoms with Crippen LogP contribution in [0.3, 0.4) is 0 Å². The van der Waals surface area contributed by atoms with Gasteiger partial charge in [0, 0.05) is 11.4 Å². The zero-order valence-electron chi connectivity index (χ0n) is 10.8. The van der Waals surface area contributed by atoms with Crippen molar-refractivity contribution in [2.24, 2.45) is 0 Å². The van der Waals surface area contributed by atoms with E-state index < -0.39 is 0 Å². The maximum Gasteiger partial charge on any atom is 0.237 e. The molecule has 0 bridgehead atoms. The number of hydrogen-bond acceptors (Lipinski definition) is 3. The minimum Gasteiger partial charge on any atom is -0.398 e. The van der Waals surface area contributed by atoms with Crippen molar-refractivity contribution in [1.82, 2.24) is 0 Å². The molecule has 94 valence electrons. The Balaban J connectivity index is 2.71. The van der Waals surface area contributed by atoms with Crippen LogP contribution in [0.2, 0.25) is 0 Å². The van der Waals surface area contributed by atoms with Crippen LogP contribution in [0.1, 0.15) is 26.3 Å². The SMILES string of the molecule is Cc1c(N)cccc1NC(=O)C(C)SC(C)C. The van der Waals surface area contributed by atoms with Gasteiger partial charge in [0.05, 0.1) is 5.25 Å². The number of anilines is 2. The molecule has 1 amide bonds. The molecule has 1 aromatic carbocycles. The number of nitrogens with two attached hydrogens (primary N) is 1. The second-order valence-electron chi connectivity index (χ2n) is 4.34. The summed E-state index contributed by atoms with van der Waals surface area (Å²) < 4.78 is 0. The minimum absolute atomic E-state index is 0.0254. The summed E-state index contributed by atoms with van der Waals surface area (Å²) in [5.74, 6) is 0.0254. The van der Waals surface area contributed by atoms with Crippen LogP contribution in [0, 0.1) is 6.92 Å². The predicted octanol–water partition coefficient (Wildman–Crippen LogP) is 3.05. The third-order valence-electron chi connectivity index (χ3n) is 2.48. The number of carbonyl (C=O) groups is 1. The van der Waals surface area contributed by atoms with Gasteiger partial charge in [0.1, 0.15) is 0 Å². The number of benzene rings is 1. The van der Waals surface area contributed by atoms with E-state index in [9.17, 15) is 4.79 Å². The van der Waals surface area contributed by atoms with Crippen molar-refractivity contribution in [2.75, 3.05) is 11.1 Å². The Labute approximate surface area is 107 Å². The summed E-state index contributed by atoms with van der Waals surface area (Å²) >= 11 is 1.65. The lowest BCUT2D eigenvalue weighted by molar-refractivity contribution is -0.115. The molecule has 0 radical (unpaired) electrons. The lowest BCUT2D eigenvalue weighted by atomic mass is 10.1. The van der Waals surface area contributed by atoms with Crippen LogP contribution in [0.4, 0.5) is 11.4 Å². The summed E-state index contributed by atoms with van der Waals surface area (Å²) in [4.78, 5) is 11.9. The molecular formula is C13H20N2OS. The van der Waals surface area contributed by atoms with Gasteiger partial charge in [-0.05, 0) is 36.8 Å². The number of thioether (sulfide) groups is 1. The van der Waals surface area contributed by atoms with Crippen LogP contribution in [0.5, 0.6) is 0 Å². The van der Waals surface area contributed by atoms with Gasteiger partial charge in [0.15, 0.2) is 0 Å². The maximum absolute atomic E-state index is 11.9. The zero-order chi connectivity index (χ0) is 13.0. The summed E-state index contributed by atoms with van der Waals surface area (Å²) in [6.45, 7) is 7.99. The zero-order valence-corrected chi connectivity index (χ0v) is 11.6. The highest BCUT2D eigenvalue weighted by Crippen LogP contribution is 2.23. The van der Waals surface area contributed by atoms with Crippen molar-refractivity contribution in [2.45, 2.75) is 38.2 Å². The third-order valence-corrected chi connectivity index (χ3v) is 3.65. The molecule has 0 saturated carbocycles. The molecule has 3 N–H and O–H groups in total. The molecule has 0 aliphatic rings. The van der Waals surface area contributed by atoms with Crippen LogP contribution < -0.4 is 11.1 Å². The Morgan fingerprint density at radius 3 is 2.59 bits per heavy atom. The maximum atomic E-state index is 11.9. The van der Waals surface area contributed by atoms with Crippen molar-refractivity contribution < 1.29 is 4.79 Å². The third kappa shape index (κ3) is 3.97. The van der Waals surface area contributed by atoms with Gasteiger partial charge in [0.2, 0.25) is 5.91 Å². The lowest BCUT2D eigenvalue weighted by Gasteiger charge is -2.15. The van der Waals surface area contributed by atoms with E-state index in [0.29, 0.717) is 10.9 Å². The van der Waals surface area contributed by atoms with Gasteiger partial charge in [-0.3, -0.25) is 4.79 Å². The second kappa shape index (κ2) is 5.96. The number of hydrogen-bond donors (Lipinski definition) is 2. The summed E-state index contributed by atoms with van der Waals surface area (Å²) in [6.07, 6.45) is 0. The van der Waals surface area contributed by atoms with Gasteiger partial charge in [-0.15, -0.1) is 11.8 Å². The molecule has 0 aromatic heterocycles. The van der Waals surface area contributed by atoms with E-state index in [1.54, 1.807) is 11.8 Å². The fourth-order valence-corrected chi connectivity index (χ4v) is 2.49. The molecule has 0 saturated heterocycles. The summed E-state index contributed by atoms with van der Waals surface area (Å²) in [6, 6.07) is 5.55. The van der Waals surface area contributed by atoms with Crippen molar-refractivity contribution in [3.05, 3.63) is 23.8 Å². The molecule has 1 rings (SSSR count). The van der Waals surface area contributed by atoms with E-state index >= 15 is 0 Å². The summed E-state index contributed by atoms with van der Waals surface area (Å²) in [5, 5.41) is 3.30. The molecule has 0 aliphatic carbocycles. The molecule has 0 aliphatic heterocycles. The highest BCUT2D eigenvalue weighted by atomic mass is 32.2. The van der Waals surface area contributed by atoms with Crippen LogP contribution in [0.25, 0.3) is 0 Å². The monoisotopic (exact) mass is 252 g/mol. The quantitative estimate of drug-likeness (QED) is 0.810. The Morgan fingerprint density at radius 2 is 2.00 bits per heavy atom. The van der Waals surface area contributed by atoms with E-state index in [1.807, 2.05) is 32.0 Å². The molecule has 4 heteroatoms. The number of nitrogen functional groups attached to an aromatic ring is 1. The average Bonchev–Trinajstić information content (AvgIpc) is 2.23. The standard InChI is InChI=1S/C13H20N2OS/c1-8(2)17-10(4)13(16)15-12-7-5-6-11(14)9(12)3/h5-8,10H,14H2,1-4H3,(H,15,16). The second-order valence-corrected chi connectivity index (χ2v) is 6.26. The fourth-order valence-electron chi connectivity index (χ4n) is 1.49. The normalized spacial score (nSPS) is 12.5. The first kappa shape index (κ1) is 13.9. The topological polar surface area (TPSA) is 55.1 Å². The van der Waals surface area contributed by atoms with Gasteiger partial charge in [0.25, 0.3) is 0 Å². The minimum atomic E-state index is -0.0594. The first-order chi connectivity index (χ1) is 7.91. The first-order valence-corrected chi connectivity index (χ1v) is 6.67. The average molecular weight is 252 g/mol. The number of amides is 1. The molecular weight excluding hydrogens is 232 g/mol. The van der Waals surface area contributed by atoms with E-state index in [4.69, 9.17) is 5.73 Å². The van der Waals surface area contributed by atoms with E-state index in [2.05, 4.69) is 19.2 Å². The van der Waals surface area contributed by atoms with Crippen LogP contribution in [-0.2, 0) is 4.79 Å². The molecule has 1 atom stereocenters. The number of carbonyl (C=O) groups excluding carboxylic acids is 1. The summed E-state index contributed by atoms with van der Waals surface area (Å²) in [5.41, 5.74) is 8.21. The van der Waals surface area contributed by atoms with E-state index in [1.165, 1.54) is 0 Å². The Bertz CT molecular complexity index is 404. The van der Waals surface area contributed by atoms with Crippen molar-refractivity contribution in [3.8, 4) is 0 Å². The van der Waals surface area contributed by atoms with E-state index in [-0.39, 0.29) is 11.2 Å². The largest absolute Gasteiger partial charge is 0.398 e. The molecule has 0 heterocycles. The smallest absolute Gasteiger partial charge is 0.237 e. The number of nitrogens with one attached hydrogen (secondary N) is 1. The highest BCUT2D eigenvalue weighted by Gasteiger charge is 2.15. The van der Waals surface area contributed by atoms with Crippen LogP contribution in [-0.4, -0.2) is 16.4 Å². The molecule has 3 nitrogen and oxygen atoms in total. The number of rotatable bonds is 4. The Hall–Kier alpha value is -1.16. The van der Waals surface area contributed by atoms with Gasteiger partial charge >= 0.3 is 0 Å². The van der Waals surface area contributed by atoms with Gasteiger partial charge in [-0.1, -0.05) is 19.9 Å². The highest BCUT2D eigenvalue weighted by molar-refractivity contribution is 8.01. The Kier molecular flexibility index (Phi) is 4.87. The Morgan fingerprint density at radius 1 is 1.35 bits per heavy atom. The van der Waals surface area contributed by atoms with Gasteiger partial charge in [-0.2, -0.15) is 0 Å². The summed E-state index contributed by atoms with van der Waals surface area (Å²) in [7, 11) is 0. The van der Waals surface area contributed by atoms with Crippen molar-refractivity contribution in [1.29, 1.82) is 0 Å². The molecule has 1 aromatic rings. The van der Waals surface area contributed by atoms with Crippen LogP contribution in [0.15, 0.2) is 18.2 Å². The van der Waals surface area contributed by atoms with Crippen LogP contribution >= 0.6 is 11.8 Å². The van der Waals surface area contributed by atoms with Crippen molar-refractivity contribution in [3.63, 3.8) is 0 Å². The van der Waals surface area contributed by atoms with Crippen molar-refractivity contribution >= 4 is 29.0 Å². The molecule has 0 spiro atoms. The molecule has 1 unspecified atom stereocenters. The van der Waals surface area contributed by atoms with Gasteiger partial charge < -0.3 is 11.1 Å². The van der Waals surface area contributed by atoms with Gasteiger partial charge in [-0.25, -0.2) is 0 Å². The molecule has 17 heavy (non-hydrogen) atoms.